The van der Waals surface area contributed by atoms with Crippen LogP contribution in [0.25, 0.3) is 0 Å². The van der Waals surface area contributed by atoms with Crippen LogP contribution < -0.4 is 0 Å². The maximum Gasteiger partial charge on any atom is 0.508 e. The molecule has 100 valence electrons. The first-order valence-electron chi connectivity index (χ1n) is 6.08. The maximum absolute atomic E-state index is 11.2. The maximum atomic E-state index is 11.2. The van der Waals surface area contributed by atoms with Gasteiger partial charge in [0, 0.05) is 3.57 Å². The van der Waals surface area contributed by atoms with E-state index in [-0.39, 0.29) is 6.10 Å². The molecule has 4 heteroatoms. The predicted octanol–water partition coefficient (Wildman–Crippen LogP) is 4.35. The Labute approximate surface area is 122 Å². The SMILES string of the molecule is CC(C)OC(=O)OCCC(C)c1ccc(I)cc1. The van der Waals surface area contributed by atoms with E-state index < -0.39 is 6.16 Å². The Hall–Kier alpha value is -0.780. The molecule has 0 aliphatic heterocycles. The minimum atomic E-state index is -0.584. The lowest BCUT2D eigenvalue weighted by atomic mass is 9.98. The van der Waals surface area contributed by atoms with Crippen LogP contribution in [0.5, 0.6) is 0 Å². The Morgan fingerprint density at radius 3 is 2.39 bits per heavy atom. The normalized spacial score (nSPS) is 12.3. The van der Waals surface area contributed by atoms with Crippen LogP contribution in [0, 0.1) is 3.57 Å². The third-order valence-corrected chi connectivity index (χ3v) is 3.26. The molecule has 1 aromatic carbocycles. The molecular formula is C14H19IO3. The van der Waals surface area contributed by atoms with E-state index in [1.807, 2.05) is 0 Å². The van der Waals surface area contributed by atoms with Gasteiger partial charge in [-0.05, 0) is 66.5 Å². The second-order valence-corrected chi connectivity index (χ2v) is 5.75. The van der Waals surface area contributed by atoms with Crippen LogP contribution in [0.2, 0.25) is 0 Å². The van der Waals surface area contributed by atoms with Crippen LogP contribution in [-0.2, 0) is 9.47 Å². The van der Waals surface area contributed by atoms with E-state index in [1.54, 1.807) is 13.8 Å². The topological polar surface area (TPSA) is 35.5 Å². The highest BCUT2D eigenvalue weighted by Gasteiger charge is 2.09. The zero-order chi connectivity index (χ0) is 13.5. The molecule has 1 unspecified atom stereocenters. The third-order valence-electron chi connectivity index (χ3n) is 2.54. The van der Waals surface area contributed by atoms with Gasteiger partial charge in [0.2, 0.25) is 0 Å². The van der Waals surface area contributed by atoms with E-state index >= 15 is 0 Å². The Kier molecular flexibility index (Phi) is 6.46. The van der Waals surface area contributed by atoms with Crippen LogP contribution in [-0.4, -0.2) is 18.9 Å². The van der Waals surface area contributed by atoms with E-state index in [1.165, 1.54) is 9.13 Å². The van der Waals surface area contributed by atoms with Crippen molar-refractivity contribution in [3.63, 3.8) is 0 Å². The molecule has 18 heavy (non-hydrogen) atoms. The van der Waals surface area contributed by atoms with Crippen molar-refractivity contribution in [2.75, 3.05) is 6.61 Å². The zero-order valence-electron chi connectivity index (χ0n) is 11.0. The molecule has 0 fully saturated rings. The number of halogens is 1. The molecule has 0 saturated carbocycles. The number of benzene rings is 1. The predicted molar refractivity (Wildman–Crippen MR) is 79.8 cm³/mol. The first-order valence-corrected chi connectivity index (χ1v) is 7.15. The molecule has 0 heterocycles. The van der Waals surface area contributed by atoms with Gasteiger partial charge in [0.05, 0.1) is 12.7 Å². The number of rotatable bonds is 5. The van der Waals surface area contributed by atoms with Gasteiger partial charge in [-0.2, -0.15) is 0 Å². The lowest BCUT2D eigenvalue weighted by Gasteiger charge is -2.13. The summed E-state index contributed by atoms with van der Waals surface area (Å²) in [6.45, 7) is 6.11. The molecule has 0 saturated heterocycles. The number of carbonyl (C=O) groups is 1. The zero-order valence-corrected chi connectivity index (χ0v) is 13.1. The van der Waals surface area contributed by atoms with Crippen molar-refractivity contribution in [1.82, 2.24) is 0 Å². The van der Waals surface area contributed by atoms with Crippen molar-refractivity contribution in [1.29, 1.82) is 0 Å². The summed E-state index contributed by atoms with van der Waals surface area (Å²) in [5.74, 6) is 0.369. The Morgan fingerprint density at radius 1 is 1.22 bits per heavy atom. The quantitative estimate of drug-likeness (QED) is 0.577. The van der Waals surface area contributed by atoms with E-state index in [2.05, 4.69) is 53.8 Å². The van der Waals surface area contributed by atoms with E-state index in [9.17, 15) is 4.79 Å². The van der Waals surface area contributed by atoms with Gasteiger partial charge in [-0.3, -0.25) is 0 Å². The summed E-state index contributed by atoms with van der Waals surface area (Å²) in [6.07, 6.45) is 0.0827. The fourth-order valence-electron chi connectivity index (χ4n) is 1.50. The van der Waals surface area contributed by atoms with Gasteiger partial charge in [0.15, 0.2) is 0 Å². The molecule has 3 nitrogen and oxygen atoms in total. The van der Waals surface area contributed by atoms with Gasteiger partial charge in [-0.15, -0.1) is 0 Å². The fourth-order valence-corrected chi connectivity index (χ4v) is 1.86. The van der Waals surface area contributed by atoms with Crippen molar-refractivity contribution in [2.24, 2.45) is 0 Å². The molecular weight excluding hydrogens is 343 g/mol. The van der Waals surface area contributed by atoms with Crippen LogP contribution in [0.4, 0.5) is 4.79 Å². The van der Waals surface area contributed by atoms with E-state index in [0.29, 0.717) is 12.5 Å². The summed E-state index contributed by atoms with van der Waals surface area (Å²) < 4.78 is 11.1. The molecule has 0 bridgehead atoms. The largest absolute Gasteiger partial charge is 0.508 e. The molecule has 1 atom stereocenters. The summed E-state index contributed by atoms with van der Waals surface area (Å²) in [5, 5.41) is 0. The van der Waals surface area contributed by atoms with Gasteiger partial charge >= 0.3 is 6.16 Å². The van der Waals surface area contributed by atoms with Gasteiger partial charge in [-0.25, -0.2) is 4.79 Å². The van der Waals surface area contributed by atoms with Crippen molar-refractivity contribution >= 4 is 28.7 Å². The summed E-state index contributed by atoms with van der Waals surface area (Å²) in [7, 11) is 0. The van der Waals surface area contributed by atoms with Crippen LogP contribution >= 0.6 is 22.6 Å². The Morgan fingerprint density at radius 2 is 1.83 bits per heavy atom. The molecule has 0 aliphatic carbocycles. The molecule has 1 aromatic rings. The van der Waals surface area contributed by atoms with Gasteiger partial charge in [0.1, 0.15) is 0 Å². The summed E-state index contributed by atoms with van der Waals surface area (Å²) in [6, 6.07) is 8.39. The highest BCUT2D eigenvalue weighted by Crippen LogP contribution is 2.20. The number of hydrogen-bond acceptors (Lipinski definition) is 3. The minimum Gasteiger partial charge on any atom is -0.434 e. The number of hydrogen-bond donors (Lipinski definition) is 0. The highest BCUT2D eigenvalue weighted by molar-refractivity contribution is 14.1. The van der Waals surface area contributed by atoms with Crippen LogP contribution in [0.15, 0.2) is 24.3 Å². The second-order valence-electron chi connectivity index (χ2n) is 4.51. The highest BCUT2D eigenvalue weighted by atomic mass is 127. The first-order chi connectivity index (χ1) is 8.49. The Balaban J connectivity index is 2.31. The van der Waals surface area contributed by atoms with Crippen molar-refractivity contribution in [2.45, 2.75) is 39.2 Å². The average molecular weight is 362 g/mol. The van der Waals surface area contributed by atoms with E-state index in [4.69, 9.17) is 9.47 Å². The van der Waals surface area contributed by atoms with Gasteiger partial charge < -0.3 is 9.47 Å². The monoisotopic (exact) mass is 362 g/mol. The standard InChI is InChI=1S/C14H19IO3/c1-10(2)18-14(16)17-9-8-11(3)12-4-6-13(15)7-5-12/h4-7,10-11H,8-9H2,1-3H3. The van der Waals surface area contributed by atoms with E-state index in [0.717, 1.165) is 6.42 Å². The molecule has 0 N–H and O–H groups in total. The van der Waals surface area contributed by atoms with Crippen LogP contribution in [0.1, 0.15) is 38.7 Å². The minimum absolute atomic E-state index is 0.133. The molecule has 0 spiro atoms. The second kappa shape index (κ2) is 7.61. The Bertz CT molecular complexity index is 373. The molecule has 0 aliphatic rings. The van der Waals surface area contributed by atoms with Crippen molar-refractivity contribution < 1.29 is 14.3 Å². The summed E-state index contributed by atoms with van der Waals surface area (Å²) in [4.78, 5) is 11.2. The third kappa shape index (κ3) is 5.71. The molecule has 0 aromatic heterocycles. The van der Waals surface area contributed by atoms with Gasteiger partial charge in [-0.1, -0.05) is 19.1 Å². The molecule has 0 radical (unpaired) electrons. The lowest BCUT2D eigenvalue weighted by Crippen LogP contribution is -2.14. The average Bonchev–Trinajstić information content (AvgIpc) is 2.28. The fraction of sp³-hybridized carbons (Fsp3) is 0.500. The van der Waals surface area contributed by atoms with Crippen LogP contribution in [0.3, 0.4) is 0 Å². The van der Waals surface area contributed by atoms with Crippen molar-refractivity contribution in [3.8, 4) is 0 Å². The number of carbonyl (C=O) groups excluding carboxylic acids is 1. The number of ether oxygens (including phenoxy) is 2. The molecule has 0 amide bonds. The smallest absolute Gasteiger partial charge is 0.434 e. The first kappa shape index (κ1) is 15.3. The summed E-state index contributed by atoms with van der Waals surface area (Å²) in [5.41, 5.74) is 1.26. The van der Waals surface area contributed by atoms with Gasteiger partial charge in [0.25, 0.3) is 0 Å². The lowest BCUT2D eigenvalue weighted by molar-refractivity contribution is 0.0332. The van der Waals surface area contributed by atoms with Crippen molar-refractivity contribution in [3.05, 3.63) is 33.4 Å². The summed E-state index contributed by atoms with van der Waals surface area (Å²) >= 11 is 2.28. The molecule has 1 rings (SSSR count).